The van der Waals surface area contributed by atoms with E-state index in [1.165, 1.54) is 43.5 Å². The molecule has 1 atom stereocenters. The van der Waals surface area contributed by atoms with Gasteiger partial charge in [-0.05, 0) is 54.8 Å². The predicted octanol–water partition coefficient (Wildman–Crippen LogP) is 4.32. The zero-order chi connectivity index (χ0) is 23.3. The van der Waals surface area contributed by atoms with E-state index in [9.17, 15) is 17.6 Å². The molecule has 0 aromatic heterocycles. The summed E-state index contributed by atoms with van der Waals surface area (Å²) in [7, 11) is -2.69. The van der Waals surface area contributed by atoms with Crippen LogP contribution in [0.25, 0.3) is 0 Å². The van der Waals surface area contributed by atoms with Crippen LogP contribution < -0.4 is 14.8 Å². The number of methoxy groups -OCH3 is 1. The van der Waals surface area contributed by atoms with Crippen LogP contribution in [0.15, 0.2) is 71.6 Å². The highest BCUT2D eigenvalue weighted by Gasteiger charge is 2.27. The van der Waals surface area contributed by atoms with E-state index in [0.717, 1.165) is 5.56 Å². The van der Waals surface area contributed by atoms with E-state index in [0.29, 0.717) is 11.3 Å². The summed E-state index contributed by atoms with van der Waals surface area (Å²) in [5.74, 6) is -0.810. The van der Waals surface area contributed by atoms with Gasteiger partial charge in [-0.15, -0.1) is 0 Å². The largest absolute Gasteiger partial charge is 0.495 e. The summed E-state index contributed by atoms with van der Waals surface area (Å²) in [6.45, 7) is 1.71. The maximum absolute atomic E-state index is 13.7. The van der Waals surface area contributed by atoms with Gasteiger partial charge in [0, 0.05) is 5.69 Å². The second-order valence-corrected chi connectivity index (χ2v) is 9.23. The molecule has 0 bridgehead atoms. The molecule has 3 aromatic rings. The first kappa shape index (κ1) is 23.7. The van der Waals surface area contributed by atoms with E-state index in [4.69, 9.17) is 16.3 Å². The molecule has 3 aromatic carbocycles. The molecule has 0 fully saturated rings. The highest BCUT2D eigenvalue weighted by molar-refractivity contribution is 7.89. The summed E-state index contributed by atoms with van der Waals surface area (Å²) < 4.78 is 47.2. The molecule has 1 amide bonds. The van der Waals surface area contributed by atoms with Crippen LogP contribution in [0.4, 0.5) is 10.1 Å². The normalized spacial score (nSPS) is 12.2. The molecule has 0 aliphatic heterocycles. The molecule has 3 rings (SSSR count). The van der Waals surface area contributed by atoms with Gasteiger partial charge in [-0.2, -0.15) is 4.72 Å². The molecule has 168 valence electrons. The Morgan fingerprint density at radius 2 is 1.81 bits per heavy atom. The maximum atomic E-state index is 13.7. The first-order valence-electron chi connectivity index (χ1n) is 9.66. The lowest BCUT2D eigenvalue weighted by molar-refractivity contribution is -0.117. The van der Waals surface area contributed by atoms with Crippen molar-refractivity contribution in [3.8, 4) is 5.75 Å². The van der Waals surface area contributed by atoms with Gasteiger partial charge >= 0.3 is 0 Å². The van der Waals surface area contributed by atoms with Crippen molar-refractivity contribution in [2.75, 3.05) is 12.4 Å². The van der Waals surface area contributed by atoms with E-state index >= 15 is 0 Å². The van der Waals surface area contributed by atoms with Crippen molar-refractivity contribution in [1.29, 1.82) is 0 Å². The molecule has 0 radical (unpaired) electrons. The van der Waals surface area contributed by atoms with Crippen LogP contribution in [0.3, 0.4) is 0 Å². The number of carbonyl (C=O) groups is 1. The Morgan fingerprint density at radius 1 is 1.09 bits per heavy atom. The zero-order valence-electron chi connectivity index (χ0n) is 17.4. The average molecular weight is 477 g/mol. The van der Waals surface area contributed by atoms with Crippen LogP contribution in [-0.2, 0) is 21.2 Å². The van der Waals surface area contributed by atoms with E-state index < -0.39 is 27.8 Å². The molecule has 9 heteroatoms. The van der Waals surface area contributed by atoms with Gasteiger partial charge < -0.3 is 10.1 Å². The van der Waals surface area contributed by atoms with Crippen LogP contribution in [0.5, 0.6) is 5.75 Å². The SMILES string of the molecule is COc1ccc(S(=O)(=O)N[C@H](Cc2ccccc2)C(=O)Nc2cc(F)ccc2C)cc1Cl. The van der Waals surface area contributed by atoms with Crippen LogP contribution >= 0.6 is 11.6 Å². The average Bonchev–Trinajstić information content (AvgIpc) is 2.76. The molecular weight excluding hydrogens is 455 g/mol. The summed E-state index contributed by atoms with van der Waals surface area (Å²) >= 11 is 6.07. The number of amides is 1. The van der Waals surface area contributed by atoms with Gasteiger partial charge in [0.2, 0.25) is 15.9 Å². The number of ether oxygens (including phenoxy) is 1. The van der Waals surface area contributed by atoms with Crippen LogP contribution in [0.1, 0.15) is 11.1 Å². The second kappa shape index (κ2) is 10.1. The Balaban J connectivity index is 1.90. The zero-order valence-corrected chi connectivity index (χ0v) is 19.0. The molecule has 2 N–H and O–H groups in total. The lowest BCUT2D eigenvalue weighted by atomic mass is 10.1. The molecule has 6 nitrogen and oxygen atoms in total. The maximum Gasteiger partial charge on any atom is 0.242 e. The predicted molar refractivity (Wildman–Crippen MR) is 122 cm³/mol. The van der Waals surface area contributed by atoms with Gasteiger partial charge in [0.1, 0.15) is 17.6 Å². The summed E-state index contributed by atoms with van der Waals surface area (Å²) in [5.41, 5.74) is 1.65. The Kier molecular flexibility index (Phi) is 7.50. The summed E-state index contributed by atoms with van der Waals surface area (Å²) in [6.07, 6.45) is 0.0875. The minimum absolute atomic E-state index is 0.0875. The summed E-state index contributed by atoms with van der Waals surface area (Å²) in [4.78, 5) is 12.9. The minimum atomic E-state index is -4.11. The first-order valence-corrected chi connectivity index (χ1v) is 11.5. The van der Waals surface area contributed by atoms with E-state index in [2.05, 4.69) is 10.0 Å². The fourth-order valence-corrected chi connectivity index (χ4v) is 4.60. The Hall–Kier alpha value is -2.94. The van der Waals surface area contributed by atoms with Crippen molar-refractivity contribution in [3.05, 3.63) is 88.7 Å². The summed E-state index contributed by atoms with van der Waals surface area (Å²) in [6, 6.07) is 15.8. The summed E-state index contributed by atoms with van der Waals surface area (Å²) in [5, 5.41) is 2.74. The smallest absolute Gasteiger partial charge is 0.242 e. The highest BCUT2D eigenvalue weighted by Crippen LogP contribution is 2.27. The third-order valence-electron chi connectivity index (χ3n) is 4.79. The van der Waals surface area contributed by atoms with Crippen LogP contribution in [0, 0.1) is 12.7 Å². The fraction of sp³-hybridized carbons (Fsp3) is 0.174. The van der Waals surface area contributed by atoms with E-state index in [-0.39, 0.29) is 22.0 Å². The number of halogens is 2. The van der Waals surface area contributed by atoms with Gasteiger partial charge in [-0.1, -0.05) is 48.0 Å². The number of anilines is 1. The van der Waals surface area contributed by atoms with Crippen molar-refractivity contribution < 1.29 is 22.3 Å². The molecule has 32 heavy (non-hydrogen) atoms. The Bertz CT molecular complexity index is 1220. The third-order valence-corrected chi connectivity index (χ3v) is 6.55. The number of nitrogens with one attached hydrogen (secondary N) is 2. The number of carbonyl (C=O) groups excluding carboxylic acids is 1. The standard InChI is InChI=1S/C23H22ClFN2O4S/c1-15-8-9-17(25)13-20(15)26-23(28)21(12-16-6-4-3-5-7-16)27-32(29,30)18-10-11-22(31-2)19(24)14-18/h3-11,13-14,21,27H,12H2,1-2H3,(H,26,28)/t21-/m1/s1. The third kappa shape index (κ3) is 5.85. The van der Waals surface area contributed by atoms with Crippen molar-refractivity contribution in [1.82, 2.24) is 4.72 Å². The number of aryl methyl sites for hydroxylation is 1. The van der Waals surface area contributed by atoms with Gasteiger partial charge in [0.25, 0.3) is 0 Å². The van der Waals surface area contributed by atoms with Crippen LogP contribution in [0.2, 0.25) is 5.02 Å². The lowest BCUT2D eigenvalue weighted by Gasteiger charge is -2.20. The van der Waals surface area contributed by atoms with E-state index in [1.54, 1.807) is 31.2 Å². The second-order valence-electron chi connectivity index (χ2n) is 7.11. The molecule has 0 aliphatic rings. The van der Waals surface area contributed by atoms with Crippen LogP contribution in [-0.4, -0.2) is 27.5 Å². The number of rotatable bonds is 8. The molecule has 0 unspecified atom stereocenters. The minimum Gasteiger partial charge on any atom is -0.495 e. The Labute approximate surface area is 191 Å². The number of hydrogen-bond donors (Lipinski definition) is 2. The van der Waals surface area contributed by atoms with Gasteiger partial charge in [-0.3, -0.25) is 4.79 Å². The first-order chi connectivity index (χ1) is 15.2. The number of sulfonamides is 1. The van der Waals surface area contributed by atoms with Crippen molar-refractivity contribution in [2.24, 2.45) is 0 Å². The lowest BCUT2D eigenvalue weighted by Crippen LogP contribution is -2.45. The monoisotopic (exact) mass is 476 g/mol. The molecule has 0 heterocycles. The van der Waals surface area contributed by atoms with Gasteiger partial charge in [0.15, 0.2) is 0 Å². The van der Waals surface area contributed by atoms with Gasteiger partial charge in [0.05, 0.1) is 17.0 Å². The molecule has 0 spiro atoms. The van der Waals surface area contributed by atoms with Gasteiger partial charge in [-0.25, -0.2) is 12.8 Å². The number of hydrogen-bond acceptors (Lipinski definition) is 4. The van der Waals surface area contributed by atoms with E-state index in [1.807, 2.05) is 6.07 Å². The molecular formula is C23H22ClFN2O4S. The van der Waals surface area contributed by atoms with Crippen molar-refractivity contribution >= 4 is 33.2 Å². The topological polar surface area (TPSA) is 84.5 Å². The number of benzene rings is 3. The highest BCUT2D eigenvalue weighted by atomic mass is 35.5. The Morgan fingerprint density at radius 3 is 2.47 bits per heavy atom. The quantitative estimate of drug-likeness (QED) is 0.507. The van der Waals surface area contributed by atoms with Crippen molar-refractivity contribution in [2.45, 2.75) is 24.3 Å². The molecule has 0 saturated heterocycles. The molecule has 0 aliphatic carbocycles. The van der Waals surface area contributed by atoms with Crippen molar-refractivity contribution in [3.63, 3.8) is 0 Å². The molecule has 0 saturated carbocycles. The fourth-order valence-electron chi connectivity index (χ4n) is 3.06.